The Labute approximate surface area is 105 Å². The fraction of sp³-hybridized carbons (Fsp3) is 0.909. The summed E-state index contributed by atoms with van der Waals surface area (Å²) < 4.78 is 12.6. The van der Waals surface area contributed by atoms with Crippen LogP contribution in [-0.2, 0) is 30.1 Å². The summed E-state index contributed by atoms with van der Waals surface area (Å²) in [6, 6.07) is 0. The van der Waals surface area contributed by atoms with Gasteiger partial charge in [-0.3, -0.25) is 0 Å². The van der Waals surface area contributed by atoms with E-state index >= 15 is 0 Å². The molecule has 0 rings (SSSR count). The van der Waals surface area contributed by atoms with Crippen LogP contribution in [0.5, 0.6) is 0 Å². The van der Waals surface area contributed by atoms with Crippen LogP contribution in [-0.4, -0.2) is 24.8 Å². The SMILES string of the molecule is CC(C)[O][Ti]([CH2]CCCN=C=O)[O]C(C)C. The van der Waals surface area contributed by atoms with Crippen LogP contribution in [0.2, 0.25) is 4.73 Å². The Balaban J connectivity index is 3.77. The molecule has 0 amide bonds. The first kappa shape index (κ1) is 16.0. The monoisotopic (exact) mass is 264 g/mol. The van der Waals surface area contributed by atoms with Crippen molar-refractivity contribution in [1.29, 1.82) is 0 Å². The fourth-order valence-corrected chi connectivity index (χ4v) is 4.12. The van der Waals surface area contributed by atoms with Gasteiger partial charge in [0.05, 0.1) is 0 Å². The molecule has 0 saturated heterocycles. The molecule has 0 aromatic heterocycles. The molecule has 93 valence electrons. The van der Waals surface area contributed by atoms with Gasteiger partial charge in [-0.05, 0) is 0 Å². The molecule has 0 atom stereocenters. The van der Waals surface area contributed by atoms with E-state index in [2.05, 4.69) is 4.99 Å². The van der Waals surface area contributed by atoms with Crippen molar-refractivity contribution >= 4 is 6.08 Å². The van der Waals surface area contributed by atoms with Gasteiger partial charge in [-0.25, -0.2) is 0 Å². The number of nitrogens with zero attached hydrogens (tertiary/aromatic N) is 1. The second-order valence-electron chi connectivity index (χ2n) is 4.14. The fourth-order valence-electron chi connectivity index (χ4n) is 1.18. The maximum absolute atomic E-state index is 9.86. The molecule has 4 nitrogen and oxygen atoms in total. The van der Waals surface area contributed by atoms with E-state index in [0.717, 1.165) is 17.6 Å². The molecule has 0 aliphatic carbocycles. The summed E-state index contributed by atoms with van der Waals surface area (Å²) in [6.45, 7) is 8.71. The minimum atomic E-state index is -1.82. The Morgan fingerprint density at radius 1 is 1.12 bits per heavy atom. The first-order chi connectivity index (χ1) is 7.56. The van der Waals surface area contributed by atoms with Gasteiger partial charge in [0.2, 0.25) is 0 Å². The molecule has 0 fully saturated rings. The van der Waals surface area contributed by atoms with E-state index < -0.39 is 18.6 Å². The summed E-state index contributed by atoms with van der Waals surface area (Å²) in [5, 5.41) is 0. The van der Waals surface area contributed by atoms with Gasteiger partial charge in [-0.15, -0.1) is 0 Å². The van der Waals surface area contributed by atoms with E-state index in [-0.39, 0.29) is 12.2 Å². The Hall–Kier alpha value is 0.0143. The van der Waals surface area contributed by atoms with Gasteiger partial charge < -0.3 is 0 Å². The van der Waals surface area contributed by atoms with Crippen molar-refractivity contribution in [2.45, 2.75) is 57.5 Å². The molecule has 0 spiro atoms. The summed E-state index contributed by atoms with van der Waals surface area (Å²) in [5.41, 5.74) is 0. The summed E-state index contributed by atoms with van der Waals surface area (Å²) in [6.07, 6.45) is 3.95. The van der Waals surface area contributed by atoms with Gasteiger partial charge in [-0.1, -0.05) is 0 Å². The van der Waals surface area contributed by atoms with Crippen LogP contribution in [0.1, 0.15) is 40.5 Å². The molecule has 16 heavy (non-hydrogen) atoms. The van der Waals surface area contributed by atoms with Crippen molar-refractivity contribution in [3.63, 3.8) is 0 Å². The predicted octanol–water partition coefficient (Wildman–Crippen LogP) is 2.82. The molecule has 0 radical (unpaired) electrons. The van der Waals surface area contributed by atoms with Crippen molar-refractivity contribution in [2.24, 2.45) is 4.99 Å². The minimum absolute atomic E-state index is 0.238. The molecule has 0 aliphatic heterocycles. The van der Waals surface area contributed by atoms with Gasteiger partial charge in [-0.2, -0.15) is 0 Å². The van der Waals surface area contributed by atoms with Crippen molar-refractivity contribution in [1.82, 2.24) is 0 Å². The van der Waals surface area contributed by atoms with E-state index in [1.54, 1.807) is 6.08 Å². The molecular formula is C11H22NO3Ti. The third-order valence-electron chi connectivity index (χ3n) is 1.70. The molecule has 5 heteroatoms. The number of hydrogen-bond donors (Lipinski definition) is 0. The number of unbranched alkanes of at least 4 members (excludes halogenated alkanes) is 1. The summed E-state index contributed by atoms with van der Waals surface area (Å²) in [4.78, 5) is 13.4. The Kier molecular flexibility index (Phi) is 10.2. The van der Waals surface area contributed by atoms with Crippen molar-refractivity contribution in [3.8, 4) is 0 Å². The number of isocyanates is 1. The zero-order chi connectivity index (χ0) is 12.4. The summed E-state index contributed by atoms with van der Waals surface area (Å²) >= 11 is -1.82. The molecular weight excluding hydrogens is 242 g/mol. The molecule has 0 aromatic carbocycles. The first-order valence-electron chi connectivity index (χ1n) is 5.79. The van der Waals surface area contributed by atoms with Gasteiger partial charge in [0.1, 0.15) is 0 Å². The first-order valence-corrected chi connectivity index (χ1v) is 8.17. The van der Waals surface area contributed by atoms with Crippen LogP contribution in [0.4, 0.5) is 0 Å². The van der Waals surface area contributed by atoms with Crippen molar-refractivity contribution in [3.05, 3.63) is 0 Å². The number of rotatable bonds is 9. The van der Waals surface area contributed by atoms with E-state index in [1.807, 2.05) is 27.7 Å². The van der Waals surface area contributed by atoms with Crippen molar-refractivity contribution < 1.29 is 30.1 Å². The van der Waals surface area contributed by atoms with Crippen LogP contribution >= 0.6 is 0 Å². The average molecular weight is 264 g/mol. The second kappa shape index (κ2) is 10.2. The average Bonchev–Trinajstić information content (AvgIpc) is 2.15. The maximum atomic E-state index is 9.86. The second-order valence-corrected chi connectivity index (χ2v) is 6.81. The third kappa shape index (κ3) is 10.5. The summed E-state index contributed by atoms with van der Waals surface area (Å²) in [7, 11) is 0. The van der Waals surface area contributed by atoms with E-state index in [0.29, 0.717) is 6.54 Å². The number of aliphatic imine (C=N–C) groups is 1. The van der Waals surface area contributed by atoms with Crippen LogP contribution < -0.4 is 0 Å². The van der Waals surface area contributed by atoms with Crippen LogP contribution in [0, 0.1) is 0 Å². The topological polar surface area (TPSA) is 47.9 Å². The molecule has 0 N–H and O–H groups in total. The normalized spacial score (nSPS) is 10.6. The Bertz CT molecular complexity index is 205. The van der Waals surface area contributed by atoms with Gasteiger partial charge in [0, 0.05) is 0 Å². The third-order valence-corrected chi connectivity index (χ3v) is 5.18. The zero-order valence-corrected chi connectivity index (χ0v) is 12.2. The molecule has 0 aliphatic rings. The number of carbonyl (C=O) groups excluding carboxylic acids is 1. The molecule has 0 heterocycles. The van der Waals surface area contributed by atoms with Gasteiger partial charge in [0.15, 0.2) is 0 Å². The van der Waals surface area contributed by atoms with Crippen LogP contribution in [0.25, 0.3) is 0 Å². The Morgan fingerprint density at radius 3 is 2.12 bits per heavy atom. The van der Waals surface area contributed by atoms with E-state index in [9.17, 15) is 4.79 Å². The van der Waals surface area contributed by atoms with Crippen LogP contribution in [0.15, 0.2) is 4.99 Å². The van der Waals surface area contributed by atoms with E-state index in [1.165, 1.54) is 0 Å². The molecule has 0 unspecified atom stereocenters. The predicted molar refractivity (Wildman–Crippen MR) is 59.5 cm³/mol. The molecule has 0 saturated carbocycles. The van der Waals surface area contributed by atoms with Gasteiger partial charge >= 0.3 is 105 Å². The molecule has 0 aromatic rings. The zero-order valence-electron chi connectivity index (χ0n) is 10.7. The Morgan fingerprint density at radius 2 is 1.69 bits per heavy atom. The van der Waals surface area contributed by atoms with E-state index in [4.69, 9.17) is 6.64 Å². The van der Waals surface area contributed by atoms with Crippen molar-refractivity contribution in [2.75, 3.05) is 6.54 Å². The summed E-state index contributed by atoms with van der Waals surface area (Å²) in [5.74, 6) is 0. The number of hydrogen-bond acceptors (Lipinski definition) is 4. The molecule has 0 bridgehead atoms. The van der Waals surface area contributed by atoms with Crippen LogP contribution in [0.3, 0.4) is 0 Å². The standard InChI is InChI=1S/C5H8NO.2C3H7O.Ti/c1-2-3-4-6-5-7;2*1-3(2)4;/h1-4H2;2*3H,1-2H3;/q;2*-1;+2. The van der Waals surface area contributed by atoms with Gasteiger partial charge in [0.25, 0.3) is 0 Å². The quantitative estimate of drug-likeness (QED) is 0.278.